The highest BCUT2D eigenvalue weighted by Gasteiger charge is 2.22. The molecule has 1 aliphatic heterocycles. The van der Waals surface area contributed by atoms with Crippen molar-refractivity contribution in [3.63, 3.8) is 0 Å². The summed E-state index contributed by atoms with van der Waals surface area (Å²) in [5.41, 5.74) is -0.0268. The third-order valence-electron chi connectivity index (χ3n) is 4.58. The molecule has 2 heterocycles. The van der Waals surface area contributed by atoms with Crippen LogP contribution in [0.2, 0.25) is 5.02 Å². The fourth-order valence-corrected chi connectivity index (χ4v) is 3.39. The lowest BCUT2D eigenvalue weighted by molar-refractivity contribution is 0.0945. The monoisotopic (exact) mass is 414 g/mol. The molecule has 1 aromatic heterocycles. The van der Waals surface area contributed by atoms with Gasteiger partial charge in [-0.2, -0.15) is 0 Å². The van der Waals surface area contributed by atoms with E-state index in [4.69, 9.17) is 16.0 Å². The molecular weight excluding hydrogens is 394 g/mol. The Bertz CT molecular complexity index is 859. The van der Waals surface area contributed by atoms with E-state index in [2.05, 4.69) is 10.6 Å². The first-order valence-corrected chi connectivity index (χ1v) is 8.91. The second-order valence-corrected chi connectivity index (χ2v) is 6.83. The normalized spacial score (nSPS) is 16.5. The summed E-state index contributed by atoms with van der Waals surface area (Å²) in [6.07, 6.45) is 1.95. The van der Waals surface area contributed by atoms with Crippen LogP contribution in [0.4, 0.5) is 4.39 Å². The number of halogens is 3. The van der Waals surface area contributed by atoms with Crippen molar-refractivity contribution in [1.82, 2.24) is 10.6 Å². The van der Waals surface area contributed by atoms with E-state index in [9.17, 15) is 14.0 Å². The summed E-state index contributed by atoms with van der Waals surface area (Å²) in [6.45, 7) is 3.29. The van der Waals surface area contributed by atoms with Gasteiger partial charge in [0.25, 0.3) is 5.91 Å². The lowest BCUT2D eigenvalue weighted by Crippen LogP contribution is -2.31. The zero-order valence-corrected chi connectivity index (χ0v) is 16.4. The van der Waals surface area contributed by atoms with Gasteiger partial charge < -0.3 is 15.1 Å². The van der Waals surface area contributed by atoms with E-state index in [0.29, 0.717) is 11.3 Å². The van der Waals surface area contributed by atoms with Crippen LogP contribution in [0.3, 0.4) is 0 Å². The number of carbonyl (C=O) groups is 1. The van der Waals surface area contributed by atoms with Crippen LogP contribution in [0.15, 0.2) is 33.5 Å². The van der Waals surface area contributed by atoms with Crippen molar-refractivity contribution in [2.24, 2.45) is 0 Å². The van der Waals surface area contributed by atoms with Gasteiger partial charge in [0.1, 0.15) is 17.1 Å². The van der Waals surface area contributed by atoms with Gasteiger partial charge in [-0.05, 0) is 50.1 Å². The van der Waals surface area contributed by atoms with Crippen LogP contribution in [-0.4, -0.2) is 19.0 Å². The van der Waals surface area contributed by atoms with Gasteiger partial charge in [-0.25, -0.2) is 9.18 Å². The summed E-state index contributed by atoms with van der Waals surface area (Å²) in [5, 5.41) is 6.03. The van der Waals surface area contributed by atoms with E-state index in [0.717, 1.165) is 25.9 Å². The predicted molar refractivity (Wildman–Crippen MR) is 104 cm³/mol. The molecule has 0 saturated carbocycles. The fraction of sp³-hybridized carbons (Fsp3) is 0.368. The van der Waals surface area contributed by atoms with Crippen LogP contribution < -0.4 is 16.3 Å². The highest BCUT2D eigenvalue weighted by molar-refractivity contribution is 6.31. The zero-order valence-electron chi connectivity index (χ0n) is 14.8. The predicted octanol–water partition coefficient (Wildman–Crippen LogP) is 3.56. The summed E-state index contributed by atoms with van der Waals surface area (Å²) in [4.78, 5) is 24.8. The minimum absolute atomic E-state index is 0. The van der Waals surface area contributed by atoms with Crippen molar-refractivity contribution >= 4 is 29.9 Å². The molecule has 0 bridgehead atoms. The second kappa shape index (κ2) is 9.35. The summed E-state index contributed by atoms with van der Waals surface area (Å²) in [7, 11) is 0. The summed E-state index contributed by atoms with van der Waals surface area (Å²) < 4.78 is 19.2. The molecule has 1 atom stereocenters. The lowest BCUT2D eigenvalue weighted by Gasteiger charge is -2.22. The molecule has 0 aliphatic carbocycles. The van der Waals surface area contributed by atoms with E-state index in [1.165, 1.54) is 12.1 Å². The Labute approximate surface area is 167 Å². The van der Waals surface area contributed by atoms with E-state index in [1.807, 2.05) is 0 Å². The smallest absolute Gasteiger partial charge is 0.349 e. The topological polar surface area (TPSA) is 71.3 Å². The molecule has 2 aromatic rings. The average molecular weight is 415 g/mol. The van der Waals surface area contributed by atoms with Crippen LogP contribution >= 0.6 is 24.0 Å². The van der Waals surface area contributed by atoms with Crippen LogP contribution in [0.1, 0.15) is 46.0 Å². The van der Waals surface area contributed by atoms with Crippen molar-refractivity contribution in [2.45, 2.75) is 32.2 Å². The molecule has 1 amide bonds. The number of benzene rings is 1. The SMILES string of the molecule is Cc1cc(C2CCCNC2)oc(=O)c1C(=O)NCc1c(F)cccc1Cl.Cl. The van der Waals surface area contributed by atoms with Gasteiger partial charge in [0.15, 0.2) is 0 Å². The summed E-state index contributed by atoms with van der Waals surface area (Å²) in [5.74, 6) is -0.400. The molecule has 27 heavy (non-hydrogen) atoms. The Hall–Kier alpha value is -1.89. The third-order valence-corrected chi connectivity index (χ3v) is 4.94. The highest BCUT2D eigenvalue weighted by Crippen LogP contribution is 2.24. The number of carbonyl (C=O) groups excluding carboxylic acids is 1. The molecule has 1 saturated heterocycles. The maximum Gasteiger partial charge on any atom is 0.349 e. The minimum atomic E-state index is -0.678. The molecule has 1 aliphatic rings. The average Bonchev–Trinajstić information content (AvgIpc) is 2.61. The fourth-order valence-electron chi connectivity index (χ4n) is 3.16. The molecule has 3 rings (SSSR count). The van der Waals surface area contributed by atoms with E-state index < -0.39 is 17.3 Å². The number of piperidine rings is 1. The van der Waals surface area contributed by atoms with Gasteiger partial charge in [0.05, 0.1) is 0 Å². The maximum absolute atomic E-state index is 13.8. The Balaban J connectivity index is 0.00000261. The first-order valence-electron chi connectivity index (χ1n) is 8.54. The second-order valence-electron chi connectivity index (χ2n) is 6.42. The quantitative estimate of drug-likeness (QED) is 0.801. The zero-order chi connectivity index (χ0) is 18.7. The summed E-state index contributed by atoms with van der Waals surface area (Å²) in [6, 6.07) is 6.03. The van der Waals surface area contributed by atoms with Gasteiger partial charge in [-0.1, -0.05) is 17.7 Å². The highest BCUT2D eigenvalue weighted by atomic mass is 35.5. The van der Waals surface area contributed by atoms with Crippen molar-refractivity contribution in [3.05, 3.63) is 68.0 Å². The van der Waals surface area contributed by atoms with Gasteiger partial charge >= 0.3 is 5.63 Å². The molecule has 1 fully saturated rings. The number of aryl methyl sites for hydroxylation is 1. The molecule has 8 heteroatoms. The number of nitrogens with one attached hydrogen (secondary N) is 2. The van der Waals surface area contributed by atoms with Crippen molar-refractivity contribution < 1.29 is 13.6 Å². The minimum Gasteiger partial charge on any atom is -0.427 e. The largest absolute Gasteiger partial charge is 0.427 e. The van der Waals surface area contributed by atoms with Crippen molar-refractivity contribution in [1.29, 1.82) is 0 Å². The Kier molecular flexibility index (Phi) is 7.41. The van der Waals surface area contributed by atoms with E-state index in [-0.39, 0.29) is 41.0 Å². The molecule has 1 unspecified atom stereocenters. The van der Waals surface area contributed by atoms with Crippen LogP contribution in [0.5, 0.6) is 0 Å². The van der Waals surface area contributed by atoms with Crippen LogP contribution in [-0.2, 0) is 6.54 Å². The molecule has 2 N–H and O–H groups in total. The number of rotatable bonds is 4. The number of hydrogen-bond donors (Lipinski definition) is 2. The first-order chi connectivity index (χ1) is 12.5. The molecule has 146 valence electrons. The Morgan fingerprint density at radius 3 is 2.85 bits per heavy atom. The van der Waals surface area contributed by atoms with E-state index >= 15 is 0 Å². The number of amides is 1. The van der Waals surface area contributed by atoms with Crippen LogP contribution in [0, 0.1) is 12.7 Å². The third kappa shape index (κ3) is 4.89. The lowest BCUT2D eigenvalue weighted by atomic mass is 9.95. The van der Waals surface area contributed by atoms with Crippen molar-refractivity contribution in [2.75, 3.05) is 13.1 Å². The maximum atomic E-state index is 13.8. The number of hydrogen-bond acceptors (Lipinski definition) is 4. The van der Waals surface area contributed by atoms with Gasteiger partial charge in [-0.3, -0.25) is 4.79 Å². The van der Waals surface area contributed by atoms with Crippen LogP contribution in [0.25, 0.3) is 0 Å². The molecule has 0 radical (unpaired) electrons. The van der Waals surface area contributed by atoms with E-state index in [1.54, 1.807) is 19.1 Å². The van der Waals surface area contributed by atoms with Gasteiger partial charge in [-0.15, -0.1) is 12.4 Å². The standard InChI is InChI=1S/C19H20ClFN2O3.ClH/c1-11-8-16(12-4-3-7-22-9-12)26-19(25)17(11)18(24)23-10-13-14(20)5-2-6-15(13)21;/h2,5-6,8,12,22H,3-4,7,9-10H2,1H3,(H,23,24);1H. The molecule has 5 nitrogen and oxygen atoms in total. The Morgan fingerprint density at radius 1 is 1.44 bits per heavy atom. The van der Waals surface area contributed by atoms with Crippen molar-refractivity contribution in [3.8, 4) is 0 Å². The molecule has 0 spiro atoms. The molecule has 1 aromatic carbocycles. The van der Waals surface area contributed by atoms with Gasteiger partial charge in [0.2, 0.25) is 0 Å². The first kappa shape index (κ1) is 21.4. The summed E-state index contributed by atoms with van der Waals surface area (Å²) >= 11 is 5.95. The van der Waals surface area contributed by atoms with Gasteiger partial charge in [0, 0.05) is 29.6 Å². The Morgan fingerprint density at radius 2 is 2.22 bits per heavy atom. The molecular formula is C19H21Cl2FN2O3.